The van der Waals surface area contributed by atoms with Crippen molar-refractivity contribution in [2.24, 2.45) is 0 Å². The second-order valence-corrected chi connectivity index (χ2v) is 5.49. The maximum absolute atomic E-state index is 11.0. The van der Waals surface area contributed by atoms with E-state index >= 15 is 0 Å². The monoisotopic (exact) mass is 246 g/mol. The lowest BCUT2D eigenvalue weighted by Crippen LogP contribution is -2.09. The van der Waals surface area contributed by atoms with Gasteiger partial charge in [-0.2, -0.15) is 0 Å². The maximum Gasteiger partial charge on any atom is 0.229 e. The highest BCUT2D eigenvalue weighted by atomic mass is 32.2. The van der Waals surface area contributed by atoms with Gasteiger partial charge in [-0.15, -0.1) is 0 Å². The fourth-order valence-corrected chi connectivity index (χ4v) is 2.09. The van der Waals surface area contributed by atoms with Gasteiger partial charge in [0.15, 0.2) is 0 Å². The Morgan fingerprint density at radius 1 is 0.941 bits per heavy atom. The van der Waals surface area contributed by atoms with Crippen LogP contribution in [0.5, 0.6) is 0 Å². The van der Waals surface area contributed by atoms with Crippen LogP contribution in [0.2, 0.25) is 0 Å². The zero-order chi connectivity index (χ0) is 12.3. The van der Waals surface area contributed by atoms with Gasteiger partial charge < -0.3 is 0 Å². The maximum atomic E-state index is 11.0. The number of sulfonamides is 1. The molecule has 2 aromatic carbocycles. The van der Waals surface area contributed by atoms with Crippen molar-refractivity contribution in [2.75, 3.05) is 11.0 Å². The van der Waals surface area contributed by atoms with E-state index < -0.39 is 10.0 Å². The molecule has 0 saturated carbocycles. The van der Waals surface area contributed by atoms with Crippen molar-refractivity contribution < 1.29 is 8.42 Å². The topological polar surface area (TPSA) is 46.2 Å². The van der Waals surface area contributed by atoms with Gasteiger partial charge in [0, 0.05) is 5.69 Å². The van der Waals surface area contributed by atoms with Crippen LogP contribution in [0.4, 0.5) is 5.69 Å². The molecule has 0 amide bonds. The molecule has 1 radical (unpaired) electrons. The highest BCUT2D eigenvalue weighted by Crippen LogP contribution is 2.21. The largest absolute Gasteiger partial charge is 0.284 e. The van der Waals surface area contributed by atoms with Crippen LogP contribution in [-0.4, -0.2) is 14.7 Å². The number of rotatable bonds is 3. The molecule has 2 rings (SSSR count). The van der Waals surface area contributed by atoms with Gasteiger partial charge in [0.2, 0.25) is 10.0 Å². The Labute approximate surface area is 101 Å². The molecule has 0 aliphatic rings. The summed E-state index contributed by atoms with van der Waals surface area (Å²) in [5.41, 5.74) is 2.69. The molecule has 0 unspecified atom stereocenters. The van der Waals surface area contributed by atoms with Gasteiger partial charge in [-0.05, 0) is 29.3 Å². The number of hydrogen-bond donors (Lipinski definition) is 1. The third-order valence-electron chi connectivity index (χ3n) is 2.24. The normalized spacial score (nSPS) is 11.1. The average molecular weight is 246 g/mol. The van der Waals surface area contributed by atoms with Crippen LogP contribution < -0.4 is 4.72 Å². The highest BCUT2D eigenvalue weighted by molar-refractivity contribution is 7.92. The van der Waals surface area contributed by atoms with Crippen LogP contribution >= 0.6 is 0 Å². The Balaban J connectivity index is 2.25. The molecule has 0 aromatic heterocycles. The van der Waals surface area contributed by atoms with Crippen LogP contribution in [0.1, 0.15) is 0 Å². The summed E-state index contributed by atoms with van der Waals surface area (Å²) in [6.07, 6.45) is 1.13. The Hall–Kier alpha value is -1.81. The average Bonchev–Trinajstić information content (AvgIpc) is 2.29. The molecule has 0 saturated heterocycles. The van der Waals surface area contributed by atoms with Gasteiger partial charge in [-0.3, -0.25) is 4.72 Å². The second-order valence-electron chi connectivity index (χ2n) is 3.74. The number of nitrogens with one attached hydrogen (secondary N) is 1. The standard InChI is InChI=1S/C13H12NO2S/c1-17(15,16)14-13-9-7-12(8-10-13)11-5-3-2-4-6-11/h3-10,14H,1H3. The van der Waals surface area contributed by atoms with Crippen molar-refractivity contribution in [3.05, 3.63) is 54.6 Å². The summed E-state index contributed by atoms with van der Waals surface area (Å²) in [6, 6.07) is 17.8. The van der Waals surface area contributed by atoms with Crippen molar-refractivity contribution in [3.8, 4) is 11.1 Å². The van der Waals surface area contributed by atoms with Crippen LogP contribution in [0.25, 0.3) is 11.1 Å². The first-order valence-corrected chi connectivity index (χ1v) is 6.98. The van der Waals surface area contributed by atoms with Gasteiger partial charge in [-0.1, -0.05) is 36.4 Å². The summed E-state index contributed by atoms with van der Waals surface area (Å²) < 4.78 is 24.5. The predicted molar refractivity (Wildman–Crippen MR) is 69.2 cm³/mol. The molecule has 0 fully saturated rings. The quantitative estimate of drug-likeness (QED) is 0.904. The molecular formula is C13H12NO2S. The predicted octanol–water partition coefficient (Wildman–Crippen LogP) is 2.53. The summed E-state index contributed by atoms with van der Waals surface area (Å²) in [7, 11) is -3.21. The summed E-state index contributed by atoms with van der Waals surface area (Å²) in [5.74, 6) is 0. The van der Waals surface area contributed by atoms with Crippen molar-refractivity contribution >= 4 is 15.7 Å². The third kappa shape index (κ3) is 3.32. The molecule has 87 valence electrons. The van der Waals surface area contributed by atoms with E-state index in [0.717, 1.165) is 17.4 Å². The van der Waals surface area contributed by atoms with Crippen LogP contribution in [0, 0.1) is 6.07 Å². The van der Waals surface area contributed by atoms with Gasteiger partial charge in [0.25, 0.3) is 0 Å². The van der Waals surface area contributed by atoms with E-state index in [1.54, 1.807) is 12.1 Å². The van der Waals surface area contributed by atoms with Crippen molar-refractivity contribution in [1.29, 1.82) is 0 Å². The Bertz CT molecular complexity index is 589. The Morgan fingerprint density at radius 3 is 2.00 bits per heavy atom. The fourth-order valence-electron chi connectivity index (χ4n) is 1.52. The molecule has 17 heavy (non-hydrogen) atoms. The summed E-state index contributed by atoms with van der Waals surface area (Å²) in [6.45, 7) is 0. The summed E-state index contributed by atoms with van der Waals surface area (Å²) in [4.78, 5) is 0. The minimum Gasteiger partial charge on any atom is -0.284 e. The zero-order valence-corrected chi connectivity index (χ0v) is 10.2. The molecule has 3 nitrogen and oxygen atoms in total. The molecule has 0 spiro atoms. The van der Waals surface area contributed by atoms with E-state index in [4.69, 9.17) is 0 Å². The van der Waals surface area contributed by atoms with Crippen molar-refractivity contribution in [2.45, 2.75) is 0 Å². The van der Waals surface area contributed by atoms with E-state index in [1.807, 2.05) is 36.4 Å². The number of anilines is 1. The van der Waals surface area contributed by atoms with E-state index in [0.29, 0.717) is 5.69 Å². The van der Waals surface area contributed by atoms with Gasteiger partial charge in [0.1, 0.15) is 0 Å². The summed E-state index contributed by atoms with van der Waals surface area (Å²) >= 11 is 0. The Morgan fingerprint density at radius 2 is 1.47 bits per heavy atom. The van der Waals surface area contributed by atoms with Gasteiger partial charge in [0.05, 0.1) is 6.26 Å². The molecule has 0 aliphatic heterocycles. The Kier molecular flexibility index (Phi) is 3.15. The van der Waals surface area contributed by atoms with E-state index in [1.165, 1.54) is 0 Å². The number of hydrogen-bond acceptors (Lipinski definition) is 2. The minimum atomic E-state index is -3.21. The van der Waals surface area contributed by atoms with Crippen LogP contribution in [0.3, 0.4) is 0 Å². The lowest BCUT2D eigenvalue weighted by molar-refractivity contribution is 0.607. The molecular weight excluding hydrogens is 234 g/mol. The van der Waals surface area contributed by atoms with E-state index in [-0.39, 0.29) is 0 Å². The lowest BCUT2D eigenvalue weighted by atomic mass is 10.1. The molecule has 0 atom stereocenters. The first-order valence-electron chi connectivity index (χ1n) is 5.09. The third-order valence-corrected chi connectivity index (χ3v) is 2.85. The SMILES string of the molecule is CS(=O)(=O)Nc1ccc(-c2cc[c]cc2)cc1. The molecule has 4 heteroatoms. The molecule has 0 heterocycles. The first kappa shape index (κ1) is 11.7. The number of benzene rings is 2. The van der Waals surface area contributed by atoms with Gasteiger partial charge >= 0.3 is 0 Å². The highest BCUT2D eigenvalue weighted by Gasteiger charge is 2.02. The van der Waals surface area contributed by atoms with Crippen molar-refractivity contribution in [3.63, 3.8) is 0 Å². The van der Waals surface area contributed by atoms with E-state index in [2.05, 4.69) is 10.8 Å². The fraction of sp³-hybridized carbons (Fsp3) is 0.0769. The van der Waals surface area contributed by atoms with Gasteiger partial charge in [-0.25, -0.2) is 8.42 Å². The van der Waals surface area contributed by atoms with Crippen molar-refractivity contribution in [1.82, 2.24) is 0 Å². The summed E-state index contributed by atoms with van der Waals surface area (Å²) in [5, 5.41) is 0. The molecule has 1 N–H and O–H groups in total. The van der Waals surface area contributed by atoms with Crippen LogP contribution in [-0.2, 0) is 10.0 Å². The zero-order valence-electron chi connectivity index (χ0n) is 9.34. The molecule has 2 aromatic rings. The van der Waals surface area contributed by atoms with E-state index in [9.17, 15) is 8.42 Å². The van der Waals surface area contributed by atoms with Crippen LogP contribution in [0.15, 0.2) is 48.5 Å². The minimum absolute atomic E-state index is 0.568. The second kappa shape index (κ2) is 4.59. The lowest BCUT2D eigenvalue weighted by Gasteiger charge is -2.05. The smallest absolute Gasteiger partial charge is 0.229 e. The molecule has 0 bridgehead atoms. The molecule has 0 aliphatic carbocycles. The first-order chi connectivity index (χ1) is 8.04.